The molecule has 2 bridgehead atoms. The van der Waals surface area contributed by atoms with E-state index in [-0.39, 0.29) is 0 Å². The fourth-order valence-corrected chi connectivity index (χ4v) is 3.47. The largest absolute Gasteiger partial charge is 0.368 e. The quantitative estimate of drug-likeness (QED) is 0.669. The van der Waals surface area contributed by atoms with Crippen molar-refractivity contribution in [3.05, 3.63) is 0 Å². The molecule has 88 valence electrons. The zero-order chi connectivity index (χ0) is 11.0. The zero-order valence-corrected chi connectivity index (χ0v) is 10.1. The predicted octanol–water partition coefficient (Wildman–Crippen LogP) is 2.66. The maximum Gasteiger partial charge on any atom is 0.157 e. The van der Waals surface area contributed by atoms with E-state index in [4.69, 9.17) is 4.74 Å². The van der Waals surface area contributed by atoms with Crippen molar-refractivity contribution in [2.24, 2.45) is 29.6 Å². The van der Waals surface area contributed by atoms with Crippen LogP contribution in [0.1, 0.15) is 40.0 Å². The summed E-state index contributed by atoms with van der Waals surface area (Å²) in [5, 5.41) is 9.50. The van der Waals surface area contributed by atoms with Crippen LogP contribution in [0.25, 0.3) is 0 Å². The second-order valence-corrected chi connectivity index (χ2v) is 6.03. The Morgan fingerprint density at radius 3 is 2.33 bits per heavy atom. The minimum absolute atomic E-state index is 0.421. The van der Waals surface area contributed by atoms with Crippen molar-refractivity contribution in [1.29, 1.82) is 0 Å². The van der Waals surface area contributed by atoms with Crippen molar-refractivity contribution in [3.63, 3.8) is 0 Å². The summed E-state index contributed by atoms with van der Waals surface area (Å²) in [6.07, 6.45) is 3.68. The third-order valence-corrected chi connectivity index (χ3v) is 3.95. The molecule has 2 nitrogen and oxygen atoms in total. The minimum atomic E-state index is -0.421. The summed E-state index contributed by atoms with van der Waals surface area (Å²) in [5.41, 5.74) is 0. The van der Waals surface area contributed by atoms with E-state index in [1.165, 1.54) is 19.3 Å². The Hall–Kier alpha value is -0.0800. The SMILES string of the molecule is CC(C)C.OC1OCC2C3CCC(C3)C12. The molecule has 0 aromatic heterocycles. The van der Waals surface area contributed by atoms with Gasteiger partial charge in [-0.25, -0.2) is 0 Å². The molecule has 3 fully saturated rings. The lowest BCUT2D eigenvalue weighted by molar-refractivity contribution is -0.0918. The van der Waals surface area contributed by atoms with Gasteiger partial charge in [-0.2, -0.15) is 0 Å². The third kappa shape index (κ3) is 2.21. The van der Waals surface area contributed by atoms with Crippen LogP contribution in [0.3, 0.4) is 0 Å². The van der Waals surface area contributed by atoms with Gasteiger partial charge in [0.05, 0.1) is 6.61 Å². The average Bonchev–Trinajstić information content (AvgIpc) is 2.76. The highest BCUT2D eigenvalue weighted by atomic mass is 16.6. The monoisotopic (exact) mass is 212 g/mol. The van der Waals surface area contributed by atoms with Crippen molar-refractivity contribution in [3.8, 4) is 0 Å². The van der Waals surface area contributed by atoms with E-state index in [0.29, 0.717) is 11.8 Å². The molecule has 5 unspecified atom stereocenters. The lowest BCUT2D eigenvalue weighted by Gasteiger charge is -2.23. The smallest absolute Gasteiger partial charge is 0.157 e. The van der Waals surface area contributed by atoms with Gasteiger partial charge in [-0.05, 0) is 42.9 Å². The van der Waals surface area contributed by atoms with E-state index in [2.05, 4.69) is 20.8 Å². The predicted molar refractivity (Wildman–Crippen MR) is 60.3 cm³/mol. The van der Waals surface area contributed by atoms with Gasteiger partial charge >= 0.3 is 0 Å². The van der Waals surface area contributed by atoms with E-state index in [1.54, 1.807) is 0 Å². The molecule has 1 saturated heterocycles. The minimum Gasteiger partial charge on any atom is -0.368 e. The normalized spacial score (nSPS) is 46.6. The Kier molecular flexibility index (Phi) is 3.36. The van der Waals surface area contributed by atoms with Gasteiger partial charge in [-0.1, -0.05) is 20.8 Å². The number of fused-ring (bicyclic) bond motifs is 5. The number of aliphatic hydroxyl groups excluding tert-OH is 1. The van der Waals surface area contributed by atoms with Gasteiger partial charge in [0.1, 0.15) is 0 Å². The summed E-state index contributed by atoms with van der Waals surface area (Å²) in [6, 6.07) is 0. The van der Waals surface area contributed by atoms with Crippen LogP contribution < -0.4 is 0 Å². The molecule has 3 rings (SSSR count). The fourth-order valence-electron chi connectivity index (χ4n) is 3.47. The molecule has 1 aliphatic heterocycles. The Bertz CT molecular complexity index is 212. The lowest BCUT2D eigenvalue weighted by Crippen LogP contribution is -2.25. The van der Waals surface area contributed by atoms with Crippen LogP contribution in [-0.2, 0) is 4.74 Å². The van der Waals surface area contributed by atoms with E-state index >= 15 is 0 Å². The fraction of sp³-hybridized carbons (Fsp3) is 1.00. The summed E-state index contributed by atoms with van der Waals surface area (Å²) >= 11 is 0. The first kappa shape index (κ1) is 11.4. The summed E-state index contributed by atoms with van der Waals surface area (Å²) < 4.78 is 5.26. The summed E-state index contributed by atoms with van der Waals surface area (Å²) in [5.74, 6) is 3.74. The highest BCUT2D eigenvalue weighted by molar-refractivity contribution is 4.99. The summed E-state index contributed by atoms with van der Waals surface area (Å²) in [7, 11) is 0. The molecule has 0 spiro atoms. The molecule has 0 aromatic carbocycles. The van der Waals surface area contributed by atoms with Crippen molar-refractivity contribution >= 4 is 0 Å². The highest BCUT2D eigenvalue weighted by Gasteiger charge is 2.53. The third-order valence-electron chi connectivity index (χ3n) is 3.95. The molecule has 0 radical (unpaired) electrons. The number of hydrogen-bond acceptors (Lipinski definition) is 2. The van der Waals surface area contributed by atoms with Gasteiger partial charge in [0.25, 0.3) is 0 Å². The first-order chi connectivity index (χ1) is 7.09. The molecule has 2 aliphatic carbocycles. The Labute approximate surface area is 93.0 Å². The molecule has 2 heteroatoms. The molecule has 5 atom stereocenters. The number of aliphatic hydroxyl groups is 1. The highest BCUT2D eigenvalue weighted by Crippen LogP contribution is 2.56. The van der Waals surface area contributed by atoms with Crippen LogP contribution in [0.2, 0.25) is 0 Å². The van der Waals surface area contributed by atoms with Crippen LogP contribution in [0.15, 0.2) is 0 Å². The van der Waals surface area contributed by atoms with Crippen LogP contribution >= 0.6 is 0 Å². The standard InChI is InChI=1S/C9H14O2.C4H10/c10-9-8-6-2-1-5(3-6)7(8)4-11-9;1-4(2)3/h5-10H,1-4H2;4H,1-3H3. The van der Waals surface area contributed by atoms with Crippen LogP contribution in [0.5, 0.6) is 0 Å². The van der Waals surface area contributed by atoms with Gasteiger partial charge < -0.3 is 9.84 Å². The zero-order valence-electron chi connectivity index (χ0n) is 10.1. The lowest BCUT2D eigenvalue weighted by atomic mass is 9.81. The maximum atomic E-state index is 9.50. The van der Waals surface area contributed by atoms with Crippen LogP contribution in [0, 0.1) is 29.6 Å². The second kappa shape index (κ2) is 4.42. The molecule has 0 aromatic rings. The first-order valence-corrected chi connectivity index (χ1v) is 6.39. The average molecular weight is 212 g/mol. The van der Waals surface area contributed by atoms with Crippen molar-refractivity contribution in [1.82, 2.24) is 0 Å². The van der Waals surface area contributed by atoms with E-state index in [1.807, 2.05) is 0 Å². The second-order valence-electron chi connectivity index (χ2n) is 6.03. The van der Waals surface area contributed by atoms with E-state index in [9.17, 15) is 5.11 Å². The number of hydrogen-bond donors (Lipinski definition) is 1. The topological polar surface area (TPSA) is 29.5 Å². The van der Waals surface area contributed by atoms with Gasteiger partial charge in [0.15, 0.2) is 6.29 Å². The molecular weight excluding hydrogens is 188 g/mol. The van der Waals surface area contributed by atoms with Gasteiger partial charge in [0.2, 0.25) is 0 Å². The van der Waals surface area contributed by atoms with Crippen LogP contribution in [0.4, 0.5) is 0 Å². The van der Waals surface area contributed by atoms with Crippen molar-refractivity contribution < 1.29 is 9.84 Å². The number of ether oxygens (including phenoxy) is 1. The molecule has 1 heterocycles. The molecular formula is C13H24O2. The summed E-state index contributed by atoms with van der Waals surface area (Å²) in [4.78, 5) is 0. The van der Waals surface area contributed by atoms with Gasteiger partial charge in [-0.15, -0.1) is 0 Å². The maximum absolute atomic E-state index is 9.50. The summed E-state index contributed by atoms with van der Waals surface area (Å²) in [6.45, 7) is 7.33. The van der Waals surface area contributed by atoms with E-state index < -0.39 is 6.29 Å². The molecule has 15 heavy (non-hydrogen) atoms. The van der Waals surface area contributed by atoms with Crippen LogP contribution in [-0.4, -0.2) is 18.0 Å². The van der Waals surface area contributed by atoms with Gasteiger partial charge in [0, 0.05) is 5.92 Å². The molecule has 3 aliphatic rings. The van der Waals surface area contributed by atoms with Crippen molar-refractivity contribution in [2.75, 3.05) is 6.61 Å². The Morgan fingerprint density at radius 2 is 1.73 bits per heavy atom. The first-order valence-electron chi connectivity index (χ1n) is 6.39. The van der Waals surface area contributed by atoms with Gasteiger partial charge in [-0.3, -0.25) is 0 Å². The van der Waals surface area contributed by atoms with Crippen molar-refractivity contribution in [2.45, 2.75) is 46.3 Å². The molecule has 2 saturated carbocycles. The Balaban J connectivity index is 0.000000188. The molecule has 0 amide bonds. The van der Waals surface area contributed by atoms with E-state index in [0.717, 1.165) is 24.4 Å². The number of rotatable bonds is 0. The Morgan fingerprint density at radius 1 is 1.13 bits per heavy atom. The molecule has 1 N–H and O–H groups in total.